The molecular formula is C13H23NO4. The fraction of sp³-hybridized carbons (Fsp3) is 0.846. The molecule has 0 bridgehead atoms. The number of carboxylic acids is 1. The van der Waals surface area contributed by atoms with Crippen LogP contribution in [0.1, 0.15) is 33.6 Å². The first-order valence-electron chi connectivity index (χ1n) is 6.47. The third-order valence-electron chi connectivity index (χ3n) is 4.06. The highest BCUT2D eigenvalue weighted by Gasteiger charge is 2.65. The normalized spacial score (nSPS) is 26.4. The number of aliphatic hydroxyl groups is 1. The van der Waals surface area contributed by atoms with Crippen LogP contribution in [0.25, 0.3) is 0 Å². The Kier molecular flexibility index (Phi) is 4.73. The molecule has 18 heavy (non-hydrogen) atoms. The van der Waals surface area contributed by atoms with Crippen molar-refractivity contribution in [3.05, 3.63) is 0 Å². The van der Waals surface area contributed by atoms with Gasteiger partial charge in [-0.15, -0.1) is 0 Å². The molecule has 0 heterocycles. The van der Waals surface area contributed by atoms with Gasteiger partial charge >= 0.3 is 5.97 Å². The van der Waals surface area contributed by atoms with Crippen LogP contribution in [0.4, 0.5) is 0 Å². The van der Waals surface area contributed by atoms with E-state index in [1.165, 1.54) is 0 Å². The minimum atomic E-state index is -0.900. The molecule has 1 rings (SSSR count). The number of rotatable bonds is 7. The van der Waals surface area contributed by atoms with E-state index in [9.17, 15) is 9.59 Å². The van der Waals surface area contributed by atoms with Crippen LogP contribution in [-0.4, -0.2) is 35.2 Å². The molecule has 0 aromatic carbocycles. The summed E-state index contributed by atoms with van der Waals surface area (Å²) in [6, 6.07) is 0. The molecule has 0 aromatic heterocycles. The van der Waals surface area contributed by atoms with E-state index in [0.717, 1.165) is 6.42 Å². The second-order valence-corrected chi connectivity index (χ2v) is 5.65. The van der Waals surface area contributed by atoms with Crippen molar-refractivity contribution in [2.75, 3.05) is 13.2 Å². The van der Waals surface area contributed by atoms with Crippen LogP contribution in [0.5, 0.6) is 0 Å². The summed E-state index contributed by atoms with van der Waals surface area (Å²) in [5.74, 6) is -1.83. The maximum Gasteiger partial charge on any atom is 0.307 e. The second-order valence-electron chi connectivity index (χ2n) is 5.65. The number of amides is 1. The molecule has 1 saturated carbocycles. The van der Waals surface area contributed by atoms with E-state index in [1.807, 2.05) is 6.92 Å². The predicted molar refractivity (Wildman–Crippen MR) is 66.9 cm³/mol. The van der Waals surface area contributed by atoms with Crippen molar-refractivity contribution in [3.8, 4) is 0 Å². The van der Waals surface area contributed by atoms with Gasteiger partial charge < -0.3 is 15.5 Å². The highest BCUT2D eigenvalue weighted by atomic mass is 16.4. The number of hydrogen-bond donors (Lipinski definition) is 3. The number of aliphatic carboxylic acids is 1. The lowest BCUT2D eigenvalue weighted by atomic mass is 10.0. The van der Waals surface area contributed by atoms with Gasteiger partial charge in [-0.05, 0) is 17.8 Å². The van der Waals surface area contributed by atoms with Gasteiger partial charge in [-0.25, -0.2) is 0 Å². The molecule has 0 radical (unpaired) electrons. The first kappa shape index (κ1) is 15.0. The van der Waals surface area contributed by atoms with Gasteiger partial charge in [-0.3, -0.25) is 9.59 Å². The van der Waals surface area contributed by atoms with Crippen molar-refractivity contribution in [1.82, 2.24) is 5.32 Å². The third kappa shape index (κ3) is 3.02. The van der Waals surface area contributed by atoms with Crippen LogP contribution >= 0.6 is 0 Å². The highest BCUT2D eigenvalue weighted by molar-refractivity contribution is 5.91. The number of nitrogens with one attached hydrogen (secondary N) is 1. The summed E-state index contributed by atoms with van der Waals surface area (Å²) in [6.07, 6.45) is 1.55. The van der Waals surface area contributed by atoms with Crippen molar-refractivity contribution < 1.29 is 19.8 Å². The Morgan fingerprint density at radius 2 is 1.94 bits per heavy atom. The molecule has 0 aromatic rings. The largest absolute Gasteiger partial charge is 0.481 e. The number of hydrogen-bond acceptors (Lipinski definition) is 3. The molecule has 0 aliphatic heterocycles. The molecule has 104 valence electrons. The Morgan fingerprint density at radius 3 is 2.33 bits per heavy atom. The molecule has 1 amide bonds. The smallest absolute Gasteiger partial charge is 0.307 e. The quantitative estimate of drug-likeness (QED) is 0.631. The highest BCUT2D eigenvalue weighted by Crippen LogP contribution is 2.58. The lowest BCUT2D eigenvalue weighted by Gasteiger charge is -2.14. The SMILES string of the molecule is CCC(CCO)CNC(=O)[C@H]1[C@@H](C(=O)O)C1(C)C. The van der Waals surface area contributed by atoms with Gasteiger partial charge in [-0.2, -0.15) is 0 Å². The number of carboxylic acid groups (broad SMARTS) is 1. The zero-order chi connectivity index (χ0) is 13.9. The molecule has 1 aliphatic rings. The van der Waals surface area contributed by atoms with E-state index in [2.05, 4.69) is 5.32 Å². The number of carbonyl (C=O) groups excluding carboxylic acids is 1. The Bertz CT molecular complexity index is 327. The molecule has 1 unspecified atom stereocenters. The standard InChI is InChI=1S/C13H23NO4/c1-4-8(5-6-15)7-14-11(16)9-10(12(17)18)13(9,2)3/h8-10,15H,4-7H2,1-3H3,(H,14,16)(H,17,18)/t8?,9-,10+/m1/s1. The summed E-state index contributed by atoms with van der Waals surface area (Å²) >= 11 is 0. The van der Waals surface area contributed by atoms with Crippen molar-refractivity contribution in [3.63, 3.8) is 0 Å². The molecule has 1 aliphatic carbocycles. The van der Waals surface area contributed by atoms with Crippen LogP contribution in [-0.2, 0) is 9.59 Å². The van der Waals surface area contributed by atoms with Gasteiger partial charge in [-0.1, -0.05) is 27.2 Å². The first-order chi connectivity index (χ1) is 8.36. The van der Waals surface area contributed by atoms with Crippen molar-refractivity contribution >= 4 is 11.9 Å². The van der Waals surface area contributed by atoms with Crippen LogP contribution in [0.3, 0.4) is 0 Å². The van der Waals surface area contributed by atoms with Crippen LogP contribution < -0.4 is 5.32 Å². The summed E-state index contributed by atoms with van der Waals surface area (Å²) in [5, 5.41) is 20.7. The average Bonchev–Trinajstić information content (AvgIpc) is 2.87. The number of aliphatic hydroxyl groups excluding tert-OH is 1. The zero-order valence-corrected chi connectivity index (χ0v) is 11.3. The average molecular weight is 257 g/mol. The topological polar surface area (TPSA) is 86.6 Å². The number of carbonyl (C=O) groups is 2. The molecular weight excluding hydrogens is 234 g/mol. The maximum absolute atomic E-state index is 11.9. The predicted octanol–water partition coefficient (Wildman–Crippen LogP) is 0.868. The Morgan fingerprint density at radius 1 is 1.33 bits per heavy atom. The van der Waals surface area contributed by atoms with E-state index in [-0.39, 0.29) is 18.4 Å². The van der Waals surface area contributed by atoms with Crippen molar-refractivity contribution in [2.45, 2.75) is 33.6 Å². The Hall–Kier alpha value is -1.10. The fourth-order valence-electron chi connectivity index (χ4n) is 2.58. The van der Waals surface area contributed by atoms with Gasteiger partial charge in [0.2, 0.25) is 5.91 Å². The van der Waals surface area contributed by atoms with Crippen molar-refractivity contribution in [2.24, 2.45) is 23.2 Å². The van der Waals surface area contributed by atoms with Crippen LogP contribution in [0.15, 0.2) is 0 Å². The zero-order valence-electron chi connectivity index (χ0n) is 11.3. The van der Waals surface area contributed by atoms with Gasteiger partial charge in [0.15, 0.2) is 0 Å². The second kappa shape index (κ2) is 5.69. The van der Waals surface area contributed by atoms with Gasteiger partial charge in [0, 0.05) is 13.2 Å². The molecule has 1 fully saturated rings. The molecule has 0 spiro atoms. The van der Waals surface area contributed by atoms with E-state index >= 15 is 0 Å². The molecule has 0 saturated heterocycles. The lowest BCUT2D eigenvalue weighted by molar-refractivity contribution is -0.140. The Balaban J connectivity index is 2.45. The molecule has 3 N–H and O–H groups in total. The van der Waals surface area contributed by atoms with E-state index in [1.54, 1.807) is 13.8 Å². The van der Waals surface area contributed by atoms with Gasteiger partial charge in [0.25, 0.3) is 0 Å². The van der Waals surface area contributed by atoms with Gasteiger partial charge in [0.05, 0.1) is 11.8 Å². The van der Waals surface area contributed by atoms with E-state index in [4.69, 9.17) is 10.2 Å². The summed E-state index contributed by atoms with van der Waals surface area (Å²) in [4.78, 5) is 22.9. The first-order valence-corrected chi connectivity index (χ1v) is 6.47. The van der Waals surface area contributed by atoms with E-state index in [0.29, 0.717) is 13.0 Å². The summed E-state index contributed by atoms with van der Waals surface area (Å²) in [5.41, 5.74) is -0.450. The van der Waals surface area contributed by atoms with E-state index < -0.39 is 23.2 Å². The van der Waals surface area contributed by atoms with Crippen LogP contribution in [0, 0.1) is 23.2 Å². The molecule has 5 heteroatoms. The minimum absolute atomic E-state index is 0.112. The lowest BCUT2D eigenvalue weighted by Crippen LogP contribution is -2.32. The Labute approximate surface area is 108 Å². The summed E-state index contributed by atoms with van der Waals surface area (Å²) in [6.45, 7) is 6.24. The van der Waals surface area contributed by atoms with Gasteiger partial charge in [0.1, 0.15) is 0 Å². The fourth-order valence-corrected chi connectivity index (χ4v) is 2.58. The maximum atomic E-state index is 11.9. The summed E-state index contributed by atoms with van der Waals surface area (Å²) < 4.78 is 0. The third-order valence-corrected chi connectivity index (χ3v) is 4.06. The monoisotopic (exact) mass is 257 g/mol. The molecule has 3 atom stereocenters. The van der Waals surface area contributed by atoms with Crippen molar-refractivity contribution in [1.29, 1.82) is 0 Å². The summed E-state index contributed by atoms with van der Waals surface area (Å²) in [7, 11) is 0. The molecule has 5 nitrogen and oxygen atoms in total. The van der Waals surface area contributed by atoms with Crippen LogP contribution in [0.2, 0.25) is 0 Å². The minimum Gasteiger partial charge on any atom is -0.481 e.